The van der Waals surface area contributed by atoms with E-state index in [0.29, 0.717) is 6.04 Å². The molecule has 2 aromatic rings. The van der Waals surface area contributed by atoms with E-state index in [4.69, 9.17) is 10.5 Å². The number of hydrogen-bond acceptors (Lipinski definition) is 4. The summed E-state index contributed by atoms with van der Waals surface area (Å²) in [5, 5.41) is 0.740. The molecule has 2 N–H and O–H groups in total. The van der Waals surface area contributed by atoms with Crippen LogP contribution in [0.2, 0.25) is 0 Å². The van der Waals surface area contributed by atoms with E-state index < -0.39 is 0 Å². The molecule has 0 amide bonds. The van der Waals surface area contributed by atoms with Crippen molar-refractivity contribution in [3.05, 3.63) is 40.7 Å². The van der Waals surface area contributed by atoms with Crippen molar-refractivity contribution in [2.45, 2.75) is 25.4 Å². The molecular formula is C17H23N3O2. The minimum Gasteiger partial charge on any atom is -0.497 e. The highest BCUT2D eigenvalue weighted by molar-refractivity contribution is 5.80. The quantitative estimate of drug-likeness (QED) is 0.928. The zero-order valence-electron chi connectivity index (χ0n) is 13.0. The summed E-state index contributed by atoms with van der Waals surface area (Å²) < 4.78 is 7.42. The molecule has 1 fully saturated rings. The highest BCUT2D eigenvalue weighted by Crippen LogP contribution is 2.18. The summed E-state index contributed by atoms with van der Waals surface area (Å²) in [5.74, 6) is 0.774. The van der Waals surface area contributed by atoms with Gasteiger partial charge >= 0.3 is 0 Å². The summed E-state index contributed by atoms with van der Waals surface area (Å²) in [4.78, 5) is 14.4. The maximum Gasteiger partial charge on any atom is 0.189 e. The van der Waals surface area contributed by atoms with E-state index in [-0.39, 0.29) is 5.43 Å². The monoisotopic (exact) mass is 301 g/mol. The molecule has 1 saturated heterocycles. The van der Waals surface area contributed by atoms with Crippen molar-refractivity contribution in [1.82, 2.24) is 9.47 Å². The minimum atomic E-state index is 0.0536. The lowest BCUT2D eigenvalue weighted by atomic mass is 10.1. The molecule has 1 aromatic carbocycles. The van der Waals surface area contributed by atoms with Crippen LogP contribution in [0.4, 0.5) is 0 Å². The van der Waals surface area contributed by atoms with Gasteiger partial charge in [-0.1, -0.05) is 0 Å². The molecule has 0 aliphatic carbocycles. The molecule has 5 heteroatoms. The van der Waals surface area contributed by atoms with Gasteiger partial charge in [0.15, 0.2) is 5.43 Å². The number of nitrogens with zero attached hydrogens (tertiary/aromatic N) is 2. The minimum absolute atomic E-state index is 0.0536. The van der Waals surface area contributed by atoms with Crippen LogP contribution in [0.25, 0.3) is 10.9 Å². The number of piperidine rings is 1. The van der Waals surface area contributed by atoms with Gasteiger partial charge in [-0.2, -0.15) is 0 Å². The Hall–Kier alpha value is -1.85. The zero-order chi connectivity index (χ0) is 15.5. The molecule has 3 rings (SSSR count). The van der Waals surface area contributed by atoms with E-state index >= 15 is 0 Å². The molecule has 118 valence electrons. The summed E-state index contributed by atoms with van der Waals surface area (Å²) in [5.41, 5.74) is 6.93. The van der Waals surface area contributed by atoms with Crippen molar-refractivity contribution < 1.29 is 4.74 Å². The SMILES string of the molecule is COc1ccc2c(=O)ccn(CCN3CCC(N)CC3)c2c1. The van der Waals surface area contributed by atoms with Crippen LogP contribution in [-0.4, -0.2) is 42.3 Å². The van der Waals surface area contributed by atoms with Gasteiger partial charge in [-0.25, -0.2) is 0 Å². The molecule has 1 aliphatic heterocycles. The molecule has 1 aliphatic rings. The summed E-state index contributed by atoms with van der Waals surface area (Å²) in [6, 6.07) is 7.60. The third-order valence-electron chi connectivity index (χ3n) is 4.48. The summed E-state index contributed by atoms with van der Waals surface area (Å²) >= 11 is 0. The van der Waals surface area contributed by atoms with Gasteiger partial charge in [-0.3, -0.25) is 4.79 Å². The first-order chi connectivity index (χ1) is 10.7. The number of benzene rings is 1. The third kappa shape index (κ3) is 3.15. The van der Waals surface area contributed by atoms with E-state index in [1.807, 2.05) is 24.4 Å². The van der Waals surface area contributed by atoms with Crippen molar-refractivity contribution in [3.63, 3.8) is 0 Å². The number of ether oxygens (including phenoxy) is 1. The molecule has 0 unspecified atom stereocenters. The molecule has 0 radical (unpaired) electrons. The van der Waals surface area contributed by atoms with Crippen molar-refractivity contribution >= 4 is 10.9 Å². The number of pyridine rings is 1. The second kappa shape index (κ2) is 6.50. The maximum atomic E-state index is 12.0. The number of hydrogen-bond donors (Lipinski definition) is 1. The Kier molecular flexibility index (Phi) is 4.45. The topological polar surface area (TPSA) is 60.5 Å². The maximum absolute atomic E-state index is 12.0. The lowest BCUT2D eigenvalue weighted by molar-refractivity contribution is 0.207. The van der Waals surface area contributed by atoms with Crippen molar-refractivity contribution in [3.8, 4) is 5.75 Å². The standard InChI is InChI=1S/C17H23N3O2/c1-22-14-2-3-15-16(12-14)20(9-6-17(15)21)11-10-19-7-4-13(18)5-8-19/h2-3,6,9,12-13H,4-5,7-8,10-11,18H2,1H3. The predicted molar refractivity (Wildman–Crippen MR) is 88.4 cm³/mol. The van der Waals surface area contributed by atoms with Crippen molar-refractivity contribution in [1.29, 1.82) is 0 Å². The van der Waals surface area contributed by atoms with Crippen LogP contribution in [0.3, 0.4) is 0 Å². The number of nitrogens with two attached hydrogens (primary N) is 1. The van der Waals surface area contributed by atoms with Gasteiger partial charge in [0, 0.05) is 42.8 Å². The summed E-state index contributed by atoms with van der Waals surface area (Å²) in [6.45, 7) is 3.95. The summed E-state index contributed by atoms with van der Waals surface area (Å²) in [6.07, 6.45) is 4.01. The molecule has 0 saturated carbocycles. The number of aromatic nitrogens is 1. The van der Waals surface area contributed by atoms with Crippen molar-refractivity contribution in [2.75, 3.05) is 26.7 Å². The zero-order valence-corrected chi connectivity index (χ0v) is 13.0. The summed E-state index contributed by atoms with van der Waals surface area (Å²) in [7, 11) is 1.64. The Balaban J connectivity index is 1.81. The third-order valence-corrected chi connectivity index (χ3v) is 4.48. The number of likely N-dealkylation sites (tertiary alicyclic amines) is 1. The van der Waals surface area contributed by atoms with E-state index in [1.54, 1.807) is 13.2 Å². The van der Waals surface area contributed by atoms with Crippen LogP contribution in [0.1, 0.15) is 12.8 Å². The highest BCUT2D eigenvalue weighted by Gasteiger charge is 2.15. The Labute approximate surface area is 130 Å². The fourth-order valence-electron chi connectivity index (χ4n) is 3.03. The van der Waals surface area contributed by atoms with Crippen molar-refractivity contribution in [2.24, 2.45) is 5.73 Å². The first-order valence-electron chi connectivity index (χ1n) is 7.82. The van der Waals surface area contributed by atoms with Crippen LogP contribution < -0.4 is 15.9 Å². The van der Waals surface area contributed by atoms with Gasteiger partial charge < -0.3 is 19.9 Å². The highest BCUT2D eigenvalue weighted by atomic mass is 16.5. The lowest BCUT2D eigenvalue weighted by Gasteiger charge is -2.30. The van der Waals surface area contributed by atoms with Gasteiger partial charge in [-0.15, -0.1) is 0 Å². The average Bonchev–Trinajstić information content (AvgIpc) is 2.55. The molecule has 0 spiro atoms. The molecular weight excluding hydrogens is 278 g/mol. The largest absolute Gasteiger partial charge is 0.497 e. The van der Waals surface area contributed by atoms with Gasteiger partial charge in [0.25, 0.3) is 0 Å². The van der Waals surface area contributed by atoms with E-state index in [2.05, 4.69) is 9.47 Å². The van der Waals surface area contributed by atoms with E-state index in [0.717, 1.165) is 55.7 Å². The second-order valence-corrected chi connectivity index (χ2v) is 5.94. The van der Waals surface area contributed by atoms with Crippen LogP contribution in [0.5, 0.6) is 5.75 Å². The Morgan fingerprint density at radius 3 is 2.73 bits per heavy atom. The van der Waals surface area contributed by atoms with E-state index in [1.165, 1.54) is 0 Å². The number of methoxy groups -OCH3 is 1. The van der Waals surface area contributed by atoms with Gasteiger partial charge in [0.1, 0.15) is 5.75 Å². The molecule has 2 heterocycles. The first-order valence-corrected chi connectivity index (χ1v) is 7.82. The molecule has 0 bridgehead atoms. The van der Waals surface area contributed by atoms with E-state index in [9.17, 15) is 4.79 Å². The molecule has 5 nitrogen and oxygen atoms in total. The van der Waals surface area contributed by atoms with Crippen LogP contribution in [0, 0.1) is 0 Å². The number of fused-ring (bicyclic) bond motifs is 1. The Bertz CT molecular complexity index is 703. The van der Waals surface area contributed by atoms with Crippen LogP contribution in [0.15, 0.2) is 35.3 Å². The Morgan fingerprint density at radius 1 is 1.23 bits per heavy atom. The second-order valence-electron chi connectivity index (χ2n) is 5.94. The average molecular weight is 301 g/mol. The van der Waals surface area contributed by atoms with Gasteiger partial charge in [-0.05, 0) is 38.1 Å². The fourth-order valence-corrected chi connectivity index (χ4v) is 3.03. The smallest absolute Gasteiger partial charge is 0.189 e. The lowest BCUT2D eigenvalue weighted by Crippen LogP contribution is -2.40. The fraction of sp³-hybridized carbons (Fsp3) is 0.471. The van der Waals surface area contributed by atoms with Gasteiger partial charge in [0.05, 0.1) is 12.6 Å². The van der Waals surface area contributed by atoms with Crippen LogP contribution >= 0.6 is 0 Å². The Morgan fingerprint density at radius 2 is 2.00 bits per heavy atom. The van der Waals surface area contributed by atoms with Crippen LogP contribution in [-0.2, 0) is 6.54 Å². The number of rotatable bonds is 4. The predicted octanol–water partition coefficient (Wildman–Crippen LogP) is 1.43. The molecule has 1 aromatic heterocycles. The first kappa shape index (κ1) is 15.1. The normalized spacial score (nSPS) is 17.0. The molecule has 22 heavy (non-hydrogen) atoms. The molecule has 0 atom stereocenters. The van der Waals surface area contributed by atoms with Gasteiger partial charge in [0.2, 0.25) is 0 Å².